The van der Waals surface area contributed by atoms with Gasteiger partial charge in [0.25, 0.3) is 0 Å². The molecule has 3 heteroatoms. The zero-order chi connectivity index (χ0) is 9.84. The zero-order valence-electron chi connectivity index (χ0n) is 8.83. The zero-order valence-corrected chi connectivity index (χ0v) is 10.4. The molecule has 80 valence electrons. The smallest absolute Gasteiger partial charge is 0.0714 e. The highest BCUT2D eigenvalue weighted by molar-refractivity contribution is 6.21. The predicted molar refractivity (Wildman–Crippen MR) is 65.6 cm³/mol. The summed E-state index contributed by atoms with van der Waals surface area (Å²) in [7, 11) is 4.07. The van der Waals surface area contributed by atoms with Crippen LogP contribution in [0.15, 0.2) is 24.3 Å². The van der Waals surface area contributed by atoms with Crippen LogP contribution in [0.3, 0.4) is 0 Å². The molecule has 0 spiro atoms. The topological polar surface area (TPSA) is 3.24 Å². The third-order valence-corrected chi connectivity index (χ3v) is 2.42. The van der Waals surface area contributed by atoms with Gasteiger partial charge in [0.2, 0.25) is 0 Å². The molecule has 0 fully saturated rings. The molecular weight excluding hydrogens is 217 g/mol. The van der Waals surface area contributed by atoms with Gasteiger partial charge in [-0.15, -0.1) is 24.0 Å². The second kappa shape index (κ2) is 6.28. The largest absolute Gasteiger partial charge is 0.308 e. The summed E-state index contributed by atoms with van der Waals surface area (Å²) < 4.78 is 0. The van der Waals surface area contributed by atoms with E-state index in [2.05, 4.69) is 24.0 Å². The molecule has 1 rings (SSSR count). The fourth-order valence-electron chi connectivity index (χ4n) is 1.36. The van der Waals surface area contributed by atoms with Gasteiger partial charge in [0.15, 0.2) is 0 Å². The van der Waals surface area contributed by atoms with Gasteiger partial charge in [-0.25, -0.2) is 0 Å². The third kappa shape index (κ3) is 3.87. The molecule has 0 aliphatic carbocycles. The van der Waals surface area contributed by atoms with Crippen LogP contribution >= 0.6 is 24.0 Å². The Morgan fingerprint density at radius 3 is 2.36 bits per heavy atom. The van der Waals surface area contributed by atoms with Gasteiger partial charge in [-0.1, -0.05) is 24.3 Å². The second-order valence-electron chi connectivity index (χ2n) is 3.59. The van der Waals surface area contributed by atoms with Crippen LogP contribution in [0.4, 0.5) is 0 Å². The van der Waals surface area contributed by atoms with Gasteiger partial charge in [-0.3, -0.25) is 0 Å². The van der Waals surface area contributed by atoms with Crippen LogP contribution in [-0.4, -0.2) is 25.5 Å². The Kier molecular flexibility index (Phi) is 6.17. The summed E-state index contributed by atoms with van der Waals surface area (Å²) in [5.74, 6) is 0. The number of likely N-dealkylation sites (N-methyl/N-ethyl adjacent to an activating group) is 1. The lowest BCUT2D eigenvalue weighted by Crippen LogP contribution is -2.17. The van der Waals surface area contributed by atoms with Crippen molar-refractivity contribution in [2.24, 2.45) is 0 Å². The molecule has 0 amide bonds. The van der Waals surface area contributed by atoms with E-state index >= 15 is 0 Å². The first kappa shape index (κ1) is 13.8. The molecule has 0 radical (unpaired) electrons. The van der Waals surface area contributed by atoms with Gasteiger partial charge < -0.3 is 4.90 Å². The minimum absolute atomic E-state index is 0. The van der Waals surface area contributed by atoms with Crippen LogP contribution < -0.4 is 0 Å². The Bertz CT molecular complexity index is 274. The summed E-state index contributed by atoms with van der Waals surface area (Å²) in [5.41, 5.74) is 2.50. The molecule has 0 N–H and O–H groups in total. The average molecular weight is 234 g/mol. The fraction of sp³-hybridized carbons (Fsp3) is 0.455. The summed E-state index contributed by atoms with van der Waals surface area (Å²) in [6, 6.07) is 8.27. The van der Waals surface area contributed by atoms with E-state index in [4.69, 9.17) is 11.6 Å². The maximum atomic E-state index is 6.26. The molecule has 0 saturated heterocycles. The monoisotopic (exact) mass is 233 g/mol. The molecule has 1 atom stereocenters. The molecule has 14 heavy (non-hydrogen) atoms. The third-order valence-electron chi connectivity index (χ3n) is 2.05. The summed E-state index contributed by atoms with van der Waals surface area (Å²) in [6.07, 6.45) is 0. The Labute approximate surface area is 97.5 Å². The lowest BCUT2D eigenvalue weighted by Gasteiger charge is -2.16. The van der Waals surface area contributed by atoms with Crippen LogP contribution in [0.5, 0.6) is 0 Å². The maximum Gasteiger partial charge on any atom is 0.0714 e. The number of hydrogen-bond acceptors (Lipinski definition) is 1. The van der Waals surface area contributed by atoms with E-state index < -0.39 is 0 Å². The number of aryl methyl sites for hydroxylation is 1. The SMILES string of the molecule is Cc1ccccc1C(Cl)CN(C)C.Cl. The molecule has 0 bridgehead atoms. The van der Waals surface area contributed by atoms with E-state index in [9.17, 15) is 0 Å². The van der Waals surface area contributed by atoms with Gasteiger partial charge in [0.1, 0.15) is 0 Å². The minimum Gasteiger partial charge on any atom is -0.308 e. The van der Waals surface area contributed by atoms with Crippen molar-refractivity contribution in [2.75, 3.05) is 20.6 Å². The van der Waals surface area contributed by atoms with Crippen molar-refractivity contribution in [3.8, 4) is 0 Å². The lowest BCUT2D eigenvalue weighted by molar-refractivity contribution is 0.407. The summed E-state index contributed by atoms with van der Waals surface area (Å²) in [6.45, 7) is 2.98. The van der Waals surface area contributed by atoms with Gasteiger partial charge >= 0.3 is 0 Å². The van der Waals surface area contributed by atoms with Gasteiger partial charge in [0.05, 0.1) is 5.38 Å². The molecule has 0 aliphatic rings. The predicted octanol–water partition coefficient (Wildman–Crippen LogP) is 3.26. The van der Waals surface area contributed by atoms with Gasteiger partial charge in [0, 0.05) is 6.54 Å². The molecule has 0 saturated carbocycles. The minimum atomic E-state index is 0. The highest BCUT2D eigenvalue weighted by Crippen LogP contribution is 2.23. The molecular formula is C11H17Cl2N. The van der Waals surface area contributed by atoms with Crippen LogP contribution in [0.2, 0.25) is 0 Å². The van der Waals surface area contributed by atoms with E-state index in [1.54, 1.807) is 0 Å². The van der Waals surface area contributed by atoms with E-state index in [0.29, 0.717) is 0 Å². The Morgan fingerprint density at radius 2 is 1.86 bits per heavy atom. The van der Waals surface area contributed by atoms with Crippen molar-refractivity contribution in [1.29, 1.82) is 0 Å². The van der Waals surface area contributed by atoms with Crippen molar-refractivity contribution in [3.63, 3.8) is 0 Å². The molecule has 1 unspecified atom stereocenters. The van der Waals surface area contributed by atoms with Crippen molar-refractivity contribution >= 4 is 24.0 Å². The lowest BCUT2D eigenvalue weighted by atomic mass is 10.1. The number of halogens is 2. The Morgan fingerprint density at radius 1 is 1.29 bits per heavy atom. The quantitative estimate of drug-likeness (QED) is 0.725. The van der Waals surface area contributed by atoms with Crippen molar-refractivity contribution in [3.05, 3.63) is 35.4 Å². The van der Waals surface area contributed by atoms with Crippen molar-refractivity contribution in [2.45, 2.75) is 12.3 Å². The molecule has 0 aliphatic heterocycles. The average Bonchev–Trinajstić information content (AvgIpc) is 2.03. The number of hydrogen-bond donors (Lipinski definition) is 0. The summed E-state index contributed by atoms with van der Waals surface area (Å²) in [5, 5.41) is 0.0937. The highest BCUT2D eigenvalue weighted by atomic mass is 35.5. The Hall–Kier alpha value is -0.240. The maximum absolute atomic E-state index is 6.26. The summed E-state index contributed by atoms with van der Waals surface area (Å²) in [4.78, 5) is 2.10. The molecule has 0 heterocycles. The van der Waals surface area contributed by atoms with E-state index in [1.807, 2.05) is 26.2 Å². The molecule has 1 aromatic rings. The normalized spacial score (nSPS) is 12.4. The first-order chi connectivity index (χ1) is 6.11. The first-order valence-electron chi connectivity index (χ1n) is 4.45. The van der Waals surface area contributed by atoms with Crippen LogP contribution in [0, 0.1) is 6.92 Å². The number of rotatable bonds is 3. The standard InChI is InChI=1S/C11H16ClN.ClH/c1-9-6-4-5-7-10(9)11(12)8-13(2)3;/h4-7,11H,8H2,1-3H3;1H. The van der Waals surface area contributed by atoms with Crippen LogP contribution in [0.1, 0.15) is 16.5 Å². The number of benzene rings is 1. The van der Waals surface area contributed by atoms with Crippen molar-refractivity contribution < 1.29 is 0 Å². The van der Waals surface area contributed by atoms with E-state index in [-0.39, 0.29) is 17.8 Å². The van der Waals surface area contributed by atoms with E-state index in [0.717, 1.165) is 6.54 Å². The first-order valence-corrected chi connectivity index (χ1v) is 4.89. The fourth-order valence-corrected chi connectivity index (χ4v) is 1.88. The molecule has 1 nitrogen and oxygen atoms in total. The van der Waals surface area contributed by atoms with Gasteiger partial charge in [-0.05, 0) is 32.1 Å². The molecule has 0 aromatic heterocycles. The van der Waals surface area contributed by atoms with Gasteiger partial charge in [-0.2, -0.15) is 0 Å². The van der Waals surface area contributed by atoms with Crippen molar-refractivity contribution in [1.82, 2.24) is 4.90 Å². The highest BCUT2D eigenvalue weighted by Gasteiger charge is 2.10. The van der Waals surface area contributed by atoms with Crippen LogP contribution in [-0.2, 0) is 0 Å². The molecule has 1 aromatic carbocycles. The van der Waals surface area contributed by atoms with E-state index in [1.165, 1.54) is 11.1 Å². The number of alkyl halides is 1. The van der Waals surface area contributed by atoms with Crippen LogP contribution in [0.25, 0.3) is 0 Å². The summed E-state index contributed by atoms with van der Waals surface area (Å²) >= 11 is 6.26. The Balaban J connectivity index is 0.00000169. The number of nitrogens with zero attached hydrogens (tertiary/aromatic N) is 1. The second-order valence-corrected chi connectivity index (χ2v) is 4.11.